The van der Waals surface area contributed by atoms with Crippen molar-refractivity contribution in [3.05, 3.63) is 10.7 Å². The average Bonchev–Trinajstić information content (AvgIpc) is 2.46. The molecule has 3 heteroatoms. The molecular weight excluding hydrogens is 186 g/mol. The van der Waals surface area contributed by atoms with Crippen LogP contribution < -0.4 is 0 Å². The molecule has 1 aliphatic rings. The third kappa shape index (κ3) is 1.52. The predicted molar refractivity (Wildman–Crippen MR) is 55.2 cm³/mol. The molecule has 12 heavy (non-hydrogen) atoms. The van der Waals surface area contributed by atoms with Crippen LogP contribution in [0.2, 0.25) is 0 Å². The van der Waals surface area contributed by atoms with Gasteiger partial charge in [0.05, 0.1) is 14.9 Å². The van der Waals surface area contributed by atoms with E-state index in [1.165, 1.54) is 33.5 Å². The van der Waals surface area contributed by atoms with Gasteiger partial charge in [0.15, 0.2) is 0 Å². The summed E-state index contributed by atoms with van der Waals surface area (Å²) in [6, 6.07) is 0. The third-order valence-corrected chi connectivity index (χ3v) is 4.75. The fraction of sp³-hybridized carbons (Fsp3) is 0.667. The van der Waals surface area contributed by atoms with Gasteiger partial charge in [0, 0.05) is 5.92 Å². The van der Waals surface area contributed by atoms with E-state index in [9.17, 15) is 0 Å². The zero-order valence-electron chi connectivity index (χ0n) is 7.46. The molecule has 2 heterocycles. The van der Waals surface area contributed by atoms with Crippen LogP contribution in [0.5, 0.6) is 0 Å². The molecule has 1 nitrogen and oxygen atoms in total. The molecule has 1 aromatic rings. The topological polar surface area (TPSA) is 12.9 Å². The van der Waals surface area contributed by atoms with Gasteiger partial charge >= 0.3 is 0 Å². The van der Waals surface area contributed by atoms with E-state index in [4.69, 9.17) is 0 Å². The Hall–Kier alpha value is -0.0200. The second kappa shape index (κ2) is 3.38. The first kappa shape index (κ1) is 8.57. The second-order valence-corrected chi connectivity index (χ2v) is 5.79. The summed E-state index contributed by atoms with van der Waals surface area (Å²) in [6.07, 6.45) is 2.50. The second-order valence-electron chi connectivity index (χ2n) is 3.39. The highest BCUT2D eigenvalue weighted by molar-refractivity contribution is 8.01. The number of thioether (sulfide) groups is 1. The summed E-state index contributed by atoms with van der Waals surface area (Å²) in [7, 11) is 0. The smallest absolute Gasteiger partial charge is 0.0965 e. The molecule has 0 aliphatic carbocycles. The molecule has 66 valence electrons. The fourth-order valence-corrected chi connectivity index (χ4v) is 3.65. The Bertz CT molecular complexity index is 255. The molecule has 0 spiro atoms. The lowest BCUT2D eigenvalue weighted by molar-refractivity contribution is 0.813. The first-order chi connectivity index (χ1) is 5.77. The quantitative estimate of drug-likeness (QED) is 0.688. The van der Waals surface area contributed by atoms with Crippen LogP contribution in [0, 0.1) is 0 Å². The van der Waals surface area contributed by atoms with E-state index < -0.39 is 0 Å². The Balaban J connectivity index is 2.32. The van der Waals surface area contributed by atoms with Crippen LogP contribution in [0.15, 0.2) is 4.21 Å². The van der Waals surface area contributed by atoms with E-state index >= 15 is 0 Å². The van der Waals surface area contributed by atoms with Crippen molar-refractivity contribution in [1.82, 2.24) is 4.98 Å². The van der Waals surface area contributed by atoms with Gasteiger partial charge < -0.3 is 0 Å². The Morgan fingerprint density at radius 3 is 2.92 bits per heavy atom. The van der Waals surface area contributed by atoms with Gasteiger partial charge in [0.1, 0.15) is 0 Å². The van der Waals surface area contributed by atoms with Gasteiger partial charge in [-0.05, 0) is 18.6 Å². The summed E-state index contributed by atoms with van der Waals surface area (Å²) in [4.78, 5) is 4.65. The van der Waals surface area contributed by atoms with Crippen molar-refractivity contribution >= 4 is 23.1 Å². The maximum atomic E-state index is 4.65. The number of hydrogen-bond acceptors (Lipinski definition) is 3. The monoisotopic (exact) mass is 199 g/mol. The molecule has 1 aromatic heterocycles. The third-order valence-electron chi connectivity index (χ3n) is 1.96. The summed E-state index contributed by atoms with van der Waals surface area (Å²) in [5.41, 5.74) is 1.36. The van der Waals surface area contributed by atoms with Crippen molar-refractivity contribution in [2.75, 3.05) is 5.75 Å². The summed E-state index contributed by atoms with van der Waals surface area (Å²) in [5.74, 6) is 1.88. The highest BCUT2D eigenvalue weighted by atomic mass is 32.2. The normalized spacial score (nSPS) is 16.6. The molecule has 0 fully saturated rings. The Kier molecular flexibility index (Phi) is 2.42. The van der Waals surface area contributed by atoms with Crippen LogP contribution in [0.1, 0.15) is 36.9 Å². The van der Waals surface area contributed by atoms with Gasteiger partial charge in [-0.3, -0.25) is 0 Å². The van der Waals surface area contributed by atoms with Crippen LogP contribution in [-0.4, -0.2) is 10.7 Å². The summed E-state index contributed by atoms with van der Waals surface area (Å²) in [5, 5.41) is 1.31. The van der Waals surface area contributed by atoms with Crippen molar-refractivity contribution in [1.29, 1.82) is 0 Å². The first-order valence-corrected chi connectivity index (χ1v) is 6.20. The SMILES string of the molecule is CC(C)c1nc2c(s1)SCCC2. The fourth-order valence-electron chi connectivity index (χ4n) is 1.28. The summed E-state index contributed by atoms with van der Waals surface area (Å²) >= 11 is 3.88. The van der Waals surface area contributed by atoms with Crippen LogP contribution in [0.3, 0.4) is 0 Å². The summed E-state index contributed by atoms with van der Waals surface area (Å²) in [6.45, 7) is 4.43. The van der Waals surface area contributed by atoms with Crippen molar-refractivity contribution in [2.45, 2.75) is 36.8 Å². The highest BCUT2D eigenvalue weighted by Crippen LogP contribution is 2.36. The maximum absolute atomic E-state index is 4.65. The number of fused-ring (bicyclic) bond motifs is 1. The standard InChI is InChI=1S/C9H13NS2/c1-6(2)8-10-7-4-3-5-11-9(7)12-8/h6H,3-5H2,1-2H3. The zero-order chi connectivity index (χ0) is 8.55. The average molecular weight is 199 g/mol. The molecule has 0 saturated carbocycles. The van der Waals surface area contributed by atoms with Gasteiger partial charge in [0.25, 0.3) is 0 Å². The van der Waals surface area contributed by atoms with E-state index in [2.05, 4.69) is 18.8 Å². The van der Waals surface area contributed by atoms with Crippen molar-refractivity contribution < 1.29 is 0 Å². The molecular formula is C9H13NS2. The number of rotatable bonds is 1. The molecule has 0 atom stereocenters. The molecule has 0 saturated heterocycles. The zero-order valence-corrected chi connectivity index (χ0v) is 9.10. The van der Waals surface area contributed by atoms with Crippen molar-refractivity contribution in [3.63, 3.8) is 0 Å². The number of thiazole rings is 1. The van der Waals surface area contributed by atoms with Gasteiger partial charge in [0.2, 0.25) is 0 Å². The molecule has 0 unspecified atom stereocenters. The van der Waals surface area contributed by atoms with Crippen molar-refractivity contribution in [3.8, 4) is 0 Å². The van der Waals surface area contributed by atoms with Gasteiger partial charge in [-0.1, -0.05) is 13.8 Å². The molecule has 0 aromatic carbocycles. The van der Waals surface area contributed by atoms with Crippen LogP contribution in [0.4, 0.5) is 0 Å². The molecule has 0 N–H and O–H groups in total. The first-order valence-electron chi connectivity index (χ1n) is 4.40. The highest BCUT2D eigenvalue weighted by Gasteiger charge is 2.16. The minimum atomic E-state index is 0.598. The Labute approximate surface area is 81.6 Å². The van der Waals surface area contributed by atoms with Gasteiger partial charge in [-0.15, -0.1) is 23.1 Å². The van der Waals surface area contributed by atoms with Crippen LogP contribution >= 0.6 is 23.1 Å². The molecule has 1 aliphatic heterocycles. The number of aromatic nitrogens is 1. The minimum Gasteiger partial charge on any atom is -0.245 e. The van der Waals surface area contributed by atoms with E-state index in [0.29, 0.717) is 5.92 Å². The molecule has 2 rings (SSSR count). The number of nitrogens with zero attached hydrogens (tertiary/aromatic N) is 1. The summed E-state index contributed by atoms with van der Waals surface area (Å²) < 4.78 is 1.48. The van der Waals surface area contributed by atoms with E-state index in [1.807, 2.05) is 23.1 Å². The molecule has 0 bridgehead atoms. The lowest BCUT2D eigenvalue weighted by Crippen LogP contribution is -1.96. The lowest BCUT2D eigenvalue weighted by atomic mass is 10.2. The molecule has 0 amide bonds. The number of hydrogen-bond donors (Lipinski definition) is 0. The Morgan fingerprint density at radius 1 is 1.42 bits per heavy atom. The number of aryl methyl sites for hydroxylation is 1. The minimum absolute atomic E-state index is 0.598. The molecule has 0 radical (unpaired) electrons. The van der Waals surface area contributed by atoms with Gasteiger partial charge in [-0.2, -0.15) is 0 Å². The Morgan fingerprint density at radius 2 is 2.25 bits per heavy atom. The maximum Gasteiger partial charge on any atom is 0.0965 e. The van der Waals surface area contributed by atoms with E-state index in [-0.39, 0.29) is 0 Å². The van der Waals surface area contributed by atoms with E-state index in [0.717, 1.165) is 0 Å². The van der Waals surface area contributed by atoms with E-state index in [1.54, 1.807) is 0 Å². The van der Waals surface area contributed by atoms with Crippen LogP contribution in [-0.2, 0) is 6.42 Å². The van der Waals surface area contributed by atoms with Gasteiger partial charge in [-0.25, -0.2) is 4.98 Å². The predicted octanol–water partition coefficient (Wildman–Crippen LogP) is 3.30. The lowest BCUT2D eigenvalue weighted by Gasteiger charge is -2.06. The largest absolute Gasteiger partial charge is 0.245 e. The van der Waals surface area contributed by atoms with Crippen LogP contribution in [0.25, 0.3) is 0 Å². The van der Waals surface area contributed by atoms with Crippen molar-refractivity contribution in [2.24, 2.45) is 0 Å².